The quantitative estimate of drug-likeness (QED) is 0.418. The highest BCUT2D eigenvalue weighted by Gasteiger charge is 2.32. The Morgan fingerprint density at radius 3 is 2.50 bits per heavy atom. The Kier molecular flexibility index (Phi) is 6.95. The highest BCUT2D eigenvalue weighted by Crippen LogP contribution is 2.28. The van der Waals surface area contributed by atoms with Gasteiger partial charge in [0.05, 0.1) is 16.8 Å². The number of amides is 3. The van der Waals surface area contributed by atoms with Crippen LogP contribution >= 0.6 is 0 Å². The number of carbonyl (C=O) groups is 4. The van der Waals surface area contributed by atoms with Gasteiger partial charge in [0.2, 0.25) is 11.8 Å². The second-order valence-electron chi connectivity index (χ2n) is 8.32. The van der Waals surface area contributed by atoms with E-state index in [1.54, 1.807) is 16.8 Å². The summed E-state index contributed by atoms with van der Waals surface area (Å²) in [5.41, 5.74) is 7.39. The molecule has 184 valence electrons. The Morgan fingerprint density at radius 2 is 1.83 bits per heavy atom. The Bertz CT molecular complexity index is 1420. The van der Waals surface area contributed by atoms with Crippen LogP contribution in [-0.2, 0) is 20.9 Å². The number of carboxylic acids is 1. The first kappa shape index (κ1) is 24.4. The summed E-state index contributed by atoms with van der Waals surface area (Å²) in [6.45, 7) is 1.94. The predicted octanol–water partition coefficient (Wildman–Crippen LogP) is 2.87. The van der Waals surface area contributed by atoms with Crippen molar-refractivity contribution in [2.24, 2.45) is 10.8 Å². The molecule has 2 aromatic carbocycles. The number of nitrogens with two attached hydrogens (primary N) is 1. The molecular weight excluding hydrogens is 462 g/mol. The second-order valence-corrected chi connectivity index (χ2v) is 8.32. The molecule has 4 N–H and O–H groups in total. The summed E-state index contributed by atoms with van der Waals surface area (Å²) in [7, 11) is 0. The number of hydrazone groups is 1. The number of aromatic nitrogens is 1. The average Bonchev–Trinajstić information content (AvgIpc) is 3.35. The standard InChI is InChI=1S/C26H25N5O5/c1-2-3-8-23(33)28-24-20(25(34)31(29-24)18-11-9-16(10-12-18)26(35)36)13-17-14-30(15-22(27)32)21-7-5-4-6-19(17)21/h4-7,9-14H,2-3,8,15H2,1H3,(H2,27,32)(H,35,36)(H,28,29,33)/b20-13-. The van der Waals surface area contributed by atoms with Crippen LogP contribution in [0.15, 0.2) is 65.4 Å². The van der Waals surface area contributed by atoms with Crippen molar-refractivity contribution in [3.63, 3.8) is 0 Å². The molecule has 2 heterocycles. The number of carboxylic acid groups (broad SMARTS) is 1. The van der Waals surface area contributed by atoms with E-state index in [9.17, 15) is 19.2 Å². The van der Waals surface area contributed by atoms with Crippen LogP contribution in [0.25, 0.3) is 17.0 Å². The molecular formula is C26H25N5O5. The Labute approximate surface area is 206 Å². The van der Waals surface area contributed by atoms with Gasteiger partial charge in [-0.3, -0.25) is 14.4 Å². The fourth-order valence-corrected chi connectivity index (χ4v) is 3.93. The molecule has 10 nitrogen and oxygen atoms in total. The van der Waals surface area contributed by atoms with E-state index >= 15 is 0 Å². The molecule has 0 bridgehead atoms. The largest absolute Gasteiger partial charge is 0.478 e. The van der Waals surface area contributed by atoms with E-state index in [1.165, 1.54) is 24.3 Å². The van der Waals surface area contributed by atoms with Crippen molar-refractivity contribution in [1.82, 2.24) is 9.88 Å². The van der Waals surface area contributed by atoms with E-state index in [-0.39, 0.29) is 35.8 Å². The smallest absolute Gasteiger partial charge is 0.335 e. The molecule has 10 heteroatoms. The number of carbonyl (C=O) groups excluding carboxylic acids is 3. The van der Waals surface area contributed by atoms with Crippen molar-refractivity contribution in [2.45, 2.75) is 32.7 Å². The Morgan fingerprint density at radius 1 is 1.11 bits per heavy atom. The molecule has 1 aromatic heterocycles. The minimum atomic E-state index is -1.09. The maximum atomic E-state index is 13.5. The van der Waals surface area contributed by atoms with Crippen LogP contribution in [0, 0.1) is 0 Å². The van der Waals surface area contributed by atoms with Crippen molar-refractivity contribution in [1.29, 1.82) is 0 Å². The molecule has 36 heavy (non-hydrogen) atoms. The zero-order valence-corrected chi connectivity index (χ0v) is 19.6. The van der Waals surface area contributed by atoms with Gasteiger partial charge in [0.25, 0.3) is 5.91 Å². The van der Waals surface area contributed by atoms with Crippen molar-refractivity contribution in [3.8, 4) is 0 Å². The van der Waals surface area contributed by atoms with Gasteiger partial charge in [0, 0.05) is 29.1 Å². The van der Waals surface area contributed by atoms with Gasteiger partial charge in [-0.2, -0.15) is 5.01 Å². The lowest BCUT2D eigenvalue weighted by atomic mass is 10.1. The monoisotopic (exact) mass is 487 g/mol. The third-order valence-corrected chi connectivity index (χ3v) is 5.70. The molecule has 0 radical (unpaired) electrons. The van der Waals surface area contributed by atoms with Gasteiger partial charge >= 0.3 is 5.97 Å². The third-order valence-electron chi connectivity index (χ3n) is 5.70. The number of anilines is 1. The number of amidine groups is 1. The SMILES string of the molecule is CCCCC(=O)NC1=NN(c2ccc(C(=O)O)cc2)C(=O)/C1=C\c1cn(CC(N)=O)c2ccccc12. The number of rotatable bonds is 8. The fraction of sp³-hybridized carbons (Fsp3) is 0.192. The van der Waals surface area contributed by atoms with Gasteiger partial charge in [-0.05, 0) is 42.8 Å². The van der Waals surface area contributed by atoms with Crippen molar-refractivity contribution < 1.29 is 24.3 Å². The molecule has 0 fully saturated rings. The molecule has 0 saturated carbocycles. The Hall–Kier alpha value is -4.73. The minimum Gasteiger partial charge on any atom is -0.478 e. The molecule has 4 rings (SSSR count). The van der Waals surface area contributed by atoms with Gasteiger partial charge in [-0.15, -0.1) is 5.10 Å². The maximum absolute atomic E-state index is 13.5. The van der Waals surface area contributed by atoms with Crippen molar-refractivity contribution >= 4 is 52.2 Å². The highest BCUT2D eigenvalue weighted by molar-refractivity contribution is 6.34. The zero-order chi connectivity index (χ0) is 25.8. The first-order valence-electron chi connectivity index (χ1n) is 11.4. The number of benzene rings is 2. The molecule has 0 aliphatic carbocycles. The van der Waals surface area contributed by atoms with Crippen LogP contribution in [0.4, 0.5) is 5.69 Å². The molecule has 0 spiro atoms. The van der Waals surface area contributed by atoms with E-state index < -0.39 is 17.8 Å². The summed E-state index contributed by atoms with van der Waals surface area (Å²) < 4.78 is 1.70. The van der Waals surface area contributed by atoms with E-state index in [1.807, 2.05) is 31.2 Å². The fourth-order valence-electron chi connectivity index (χ4n) is 3.93. The summed E-state index contributed by atoms with van der Waals surface area (Å²) in [5.74, 6) is -2.26. The third kappa shape index (κ3) is 5.02. The molecule has 1 aliphatic rings. The lowest BCUT2D eigenvalue weighted by Crippen LogP contribution is -2.31. The number of nitrogens with one attached hydrogen (secondary N) is 1. The number of nitrogens with zero attached hydrogens (tertiary/aromatic N) is 3. The van der Waals surface area contributed by atoms with Crippen LogP contribution in [0.5, 0.6) is 0 Å². The van der Waals surface area contributed by atoms with Crippen molar-refractivity contribution in [2.75, 3.05) is 5.01 Å². The lowest BCUT2D eigenvalue weighted by Gasteiger charge is -2.11. The Balaban J connectivity index is 1.76. The van der Waals surface area contributed by atoms with E-state index in [0.29, 0.717) is 17.7 Å². The number of para-hydroxylation sites is 1. The number of hydrogen-bond donors (Lipinski definition) is 3. The summed E-state index contributed by atoms with van der Waals surface area (Å²) in [6.07, 6.45) is 5.14. The van der Waals surface area contributed by atoms with Gasteiger partial charge in [-0.1, -0.05) is 31.5 Å². The van der Waals surface area contributed by atoms with Crippen LogP contribution in [0.3, 0.4) is 0 Å². The lowest BCUT2D eigenvalue weighted by molar-refractivity contribution is -0.120. The maximum Gasteiger partial charge on any atom is 0.335 e. The van der Waals surface area contributed by atoms with Crippen LogP contribution in [-0.4, -0.2) is 39.2 Å². The number of fused-ring (bicyclic) bond motifs is 1. The van der Waals surface area contributed by atoms with E-state index in [2.05, 4.69) is 10.4 Å². The number of unbranched alkanes of at least 4 members (excludes halogenated alkanes) is 1. The minimum absolute atomic E-state index is 0.0333. The normalized spacial score (nSPS) is 14.4. The summed E-state index contributed by atoms with van der Waals surface area (Å²) in [5, 5.41) is 18.2. The van der Waals surface area contributed by atoms with E-state index in [4.69, 9.17) is 10.8 Å². The number of aromatic carboxylic acids is 1. The zero-order valence-electron chi connectivity index (χ0n) is 19.6. The summed E-state index contributed by atoms with van der Waals surface area (Å²) >= 11 is 0. The molecule has 0 saturated heterocycles. The molecule has 3 aromatic rings. The molecule has 1 aliphatic heterocycles. The molecule has 0 unspecified atom stereocenters. The van der Waals surface area contributed by atoms with Gasteiger partial charge < -0.3 is 20.7 Å². The van der Waals surface area contributed by atoms with Gasteiger partial charge in [0.1, 0.15) is 6.54 Å². The van der Waals surface area contributed by atoms with Crippen molar-refractivity contribution in [3.05, 3.63) is 71.4 Å². The number of hydrogen-bond acceptors (Lipinski definition) is 5. The van der Waals surface area contributed by atoms with E-state index in [0.717, 1.165) is 22.3 Å². The van der Waals surface area contributed by atoms with Crippen LogP contribution in [0.2, 0.25) is 0 Å². The average molecular weight is 488 g/mol. The first-order valence-corrected chi connectivity index (χ1v) is 11.4. The van der Waals surface area contributed by atoms with Gasteiger partial charge in [-0.25, -0.2) is 4.79 Å². The van der Waals surface area contributed by atoms with Crippen LogP contribution < -0.4 is 16.1 Å². The predicted molar refractivity (Wildman–Crippen MR) is 135 cm³/mol. The second kappa shape index (κ2) is 10.3. The van der Waals surface area contributed by atoms with Crippen LogP contribution in [0.1, 0.15) is 42.1 Å². The summed E-state index contributed by atoms with van der Waals surface area (Å²) in [4.78, 5) is 48.7. The number of primary amides is 1. The highest BCUT2D eigenvalue weighted by atomic mass is 16.4. The van der Waals surface area contributed by atoms with Gasteiger partial charge in [0.15, 0.2) is 5.84 Å². The molecule has 3 amide bonds. The first-order chi connectivity index (χ1) is 17.3. The topological polar surface area (TPSA) is 147 Å². The summed E-state index contributed by atoms with van der Waals surface area (Å²) in [6, 6.07) is 13.1. The molecule has 0 atom stereocenters.